The highest BCUT2D eigenvalue weighted by atomic mass is 32.1. The lowest BCUT2D eigenvalue weighted by atomic mass is 9.85. The van der Waals surface area contributed by atoms with E-state index in [0.717, 1.165) is 21.7 Å². The molecule has 10 nitrogen and oxygen atoms in total. The van der Waals surface area contributed by atoms with E-state index in [1.807, 2.05) is 64.4 Å². The first-order valence-corrected chi connectivity index (χ1v) is 14.5. The average molecular weight is 573 g/mol. The number of β-amino-alcohol motifs (C(OH)–C–C–N with tert-alkyl or cyclic N) is 1. The van der Waals surface area contributed by atoms with E-state index in [1.165, 1.54) is 4.90 Å². The number of nitrogens with zero attached hydrogens (tertiary/aromatic N) is 2. The first kappa shape index (κ1) is 31.2. The molecule has 1 aliphatic rings. The number of carboxylic acids is 1. The normalized spacial score (nSPS) is 18.7. The van der Waals surface area contributed by atoms with Crippen molar-refractivity contribution in [3.8, 4) is 10.4 Å². The Morgan fingerprint density at radius 3 is 2.33 bits per heavy atom. The number of hydrogen-bond donors (Lipinski definition) is 4. The maximum absolute atomic E-state index is 13.7. The molecule has 4 atom stereocenters. The maximum Gasteiger partial charge on any atom is 0.303 e. The number of carbonyl (C=O) groups is 4. The molecule has 3 amide bonds. The Morgan fingerprint density at radius 2 is 1.75 bits per heavy atom. The van der Waals surface area contributed by atoms with E-state index in [-0.39, 0.29) is 43.7 Å². The van der Waals surface area contributed by atoms with E-state index in [1.54, 1.807) is 11.3 Å². The van der Waals surface area contributed by atoms with Crippen LogP contribution in [0.3, 0.4) is 0 Å². The van der Waals surface area contributed by atoms with Gasteiger partial charge in [-0.25, -0.2) is 4.98 Å². The second-order valence-corrected chi connectivity index (χ2v) is 12.3. The second kappa shape index (κ2) is 13.4. The minimum absolute atomic E-state index is 0.00470. The van der Waals surface area contributed by atoms with Gasteiger partial charge in [0.15, 0.2) is 0 Å². The van der Waals surface area contributed by atoms with Gasteiger partial charge in [0, 0.05) is 25.8 Å². The number of rotatable bonds is 11. The molecule has 0 spiro atoms. The number of aliphatic hydroxyl groups excluding tert-OH is 1. The van der Waals surface area contributed by atoms with Gasteiger partial charge in [0.05, 0.1) is 28.2 Å². The van der Waals surface area contributed by atoms with Gasteiger partial charge in [0.2, 0.25) is 17.7 Å². The zero-order valence-corrected chi connectivity index (χ0v) is 24.6. The van der Waals surface area contributed by atoms with Crippen LogP contribution < -0.4 is 10.6 Å². The van der Waals surface area contributed by atoms with Crippen molar-refractivity contribution in [1.82, 2.24) is 20.5 Å². The molecule has 1 aromatic carbocycles. The zero-order valence-electron chi connectivity index (χ0n) is 23.8. The number of aryl methyl sites for hydroxylation is 1. The summed E-state index contributed by atoms with van der Waals surface area (Å²) in [5.41, 5.74) is 4.07. The molecule has 1 aromatic heterocycles. The predicted octanol–water partition coefficient (Wildman–Crippen LogP) is 3.43. The highest BCUT2D eigenvalue weighted by molar-refractivity contribution is 7.13. The van der Waals surface area contributed by atoms with Crippen molar-refractivity contribution in [2.24, 2.45) is 5.41 Å². The van der Waals surface area contributed by atoms with Crippen LogP contribution in [-0.4, -0.2) is 68.5 Å². The third-order valence-electron chi connectivity index (χ3n) is 7.10. The van der Waals surface area contributed by atoms with Crippen LogP contribution in [0.2, 0.25) is 0 Å². The van der Waals surface area contributed by atoms with E-state index >= 15 is 0 Å². The highest BCUT2D eigenvalue weighted by Gasteiger charge is 2.44. The lowest BCUT2D eigenvalue weighted by molar-refractivity contribution is -0.144. The Kier molecular flexibility index (Phi) is 10.4. The predicted molar refractivity (Wildman–Crippen MR) is 152 cm³/mol. The lowest BCUT2D eigenvalue weighted by Gasteiger charge is -2.35. The molecule has 0 aliphatic carbocycles. The third kappa shape index (κ3) is 8.11. The van der Waals surface area contributed by atoms with E-state index in [2.05, 4.69) is 15.6 Å². The zero-order chi connectivity index (χ0) is 29.6. The number of amides is 3. The number of nitrogens with one attached hydrogen (secondary N) is 2. The number of hydrogen-bond acceptors (Lipinski definition) is 7. The van der Waals surface area contributed by atoms with Crippen molar-refractivity contribution in [1.29, 1.82) is 0 Å². The van der Waals surface area contributed by atoms with Gasteiger partial charge >= 0.3 is 5.97 Å². The summed E-state index contributed by atoms with van der Waals surface area (Å²) in [6, 6.07) is 5.77. The number of carbonyl (C=O) groups excluding carboxylic acids is 3. The number of likely N-dealkylation sites (tertiary alicyclic amines) is 1. The molecular weight excluding hydrogens is 532 g/mol. The van der Waals surface area contributed by atoms with Crippen molar-refractivity contribution in [2.75, 3.05) is 6.54 Å². The van der Waals surface area contributed by atoms with Crippen LogP contribution >= 0.6 is 11.3 Å². The number of carboxylic acid groups (broad SMARTS) is 1. The summed E-state index contributed by atoms with van der Waals surface area (Å²) < 4.78 is 0. The van der Waals surface area contributed by atoms with Crippen LogP contribution in [0.1, 0.15) is 77.1 Å². The summed E-state index contributed by atoms with van der Waals surface area (Å²) in [6.45, 7) is 9.29. The minimum Gasteiger partial charge on any atom is -0.481 e. The molecule has 1 aliphatic heterocycles. The molecular formula is C29H40N4O6S. The second-order valence-electron chi connectivity index (χ2n) is 11.5. The Labute approximate surface area is 239 Å². The van der Waals surface area contributed by atoms with Crippen molar-refractivity contribution < 1.29 is 29.4 Å². The largest absolute Gasteiger partial charge is 0.481 e. The average Bonchev–Trinajstić information content (AvgIpc) is 3.49. The molecule has 0 radical (unpaired) electrons. The molecule has 2 heterocycles. The topological polar surface area (TPSA) is 149 Å². The number of aliphatic carboxylic acids is 1. The quantitative estimate of drug-likeness (QED) is 0.301. The van der Waals surface area contributed by atoms with Gasteiger partial charge in [-0.3, -0.25) is 19.2 Å². The summed E-state index contributed by atoms with van der Waals surface area (Å²) in [7, 11) is 0. The Balaban J connectivity index is 1.67. The summed E-state index contributed by atoms with van der Waals surface area (Å²) in [4.78, 5) is 57.1. The molecule has 40 heavy (non-hydrogen) atoms. The van der Waals surface area contributed by atoms with Gasteiger partial charge < -0.3 is 25.7 Å². The SMILES string of the molecule is Cc1ncsc1-c1ccc([C@H](C)NC(=O)[C@@H]2C[C@@H](O)CN2C(=O)[C@@H](NC(=O)CCCCC(=O)O)C(C)(C)C)cc1. The van der Waals surface area contributed by atoms with E-state index in [9.17, 15) is 24.3 Å². The van der Waals surface area contributed by atoms with Crippen LogP contribution in [0.25, 0.3) is 10.4 Å². The lowest BCUT2D eigenvalue weighted by Crippen LogP contribution is -2.57. The number of thiazole rings is 1. The summed E-state index contributed by atoms with van der Waals surface area (Å²) >= 11 is 1.57. The minimum atomic E-state index is -0.919. The number of aliphatic hydroxyl groups is 1. The third-order valence-corrected chi connectivity index (χ3v) is 8.08. The van der Waals surface area contributed by atoms with Gasteiger partial charge in [0.25, 0.3) is 0 Å². The van der Waals surface area contributed by atoms with Gasteiger partial charge in [-0.15, -0.1) is 11.3 Å². The fourth-order valence-electron chi connectivity index (χ4n) is 4.81. The van der Waals surface area contributed by atoms with Crippen molar-refractivity contribution in [3.05, 3.63) is 41.0 Å². The smallest absolute Gasteiger partial charge is 0.303 e. The van der Waals surface area contributed by atoms with E-state index in [4.69, 9.17) is 5.11 Å². The van der Waals surface area contributed by atoms with Crippen molar-refractivity contribution in [3.63, 3.8) is 0 Å². The standard InChI is InChI=1S/C29H40N4O6S/c1-17(19-10-12-20(13-11-19)25-18(2)30-16-40-25)31-27(38)22-14-21(34)15-33(22)28(39)26(29(3,4)5)32-23(35)8-6-7-9-24(36)37/h10-13,16-17,21-22,26,34H,6-9,14-15H2,1-5H3,(H,31,38)(H,32,35)(H,36,37)/t17-,21+,22-,26+/m0/s1. The van der Waals surface area contributed by atoms with Crippen LogP contribution in [0.5, 0.6) is 0 Å². The first-order valence-electron chi connectivity index (χ1n) is 13.6. The molecule has 4 N–H and O–H groups in total. The molecule has 1 saturated heterocycles. The summed E-state index contributed by atoms with van der Waals surface area (Å²) in [5, 5.41) is 25.0. The fraction of sp³-hybridized carbons (Fsp3) is 0.552. The Morgan fingerprint density at radius 1 is 1.10 bits per heavy atom. The first-order chi connectivity index (χ1) is 18.8. The number of unbranched alkanes of at least 4 members (excludes halogenated alkanes) is 1. The van der Waals surface area contributed by atoms with Gasteiger partial charge in [0.1, 0.15) is 12.1 Å². The van der Waals surface area contributed by atoms with Gasteiger partial charge in [-0.1, -0.05) is 45.0 Å². The number of benzene rings is 1. The molecule has 0 saturated carbocycles. The molecule has 0 bridgehead atoms. The van der Waals surface area contributed by atoms with Crippen LogP contribution in [0.4, 0.5) is 0 Å². The molecule has 11 heteroatoms. The highest BCUT2D eigenvalue weighted by Crippen LogP contribution is 2.29. The monoisotopic (exact) mass is 572 g/mol. The summed E-state index contributed by atoms with van der Waals surface area (Å²) in [5.74, 6) is -2.07. The molecule has 1 fully saturated rings. The van der Waals surface area contributed by atoms with Crippen molar-refractivity contribution >= 4 is 35.0 Å². The van der Waals surface area contributed by atoms with Gasteiger partial charge in [-0.2, -0.15) is 0 Å². The van der Waals surface area contributed by atoms with Gasteiger partial charge in [-0.05, 0) is 43.2 Å². The van der Waals surface area contributed by atoms with Crippen molar-refractivity contribution in [2.45, 2.75) is 91.0 Å². The molecule has 3 rings (SSSR count). The summed E-state index contributed by atoms with van der Waals surface area (Å²) in [6.07, 6.45) is 0.0741. The Bertz CT molecular complexity index is 1210. The maximum atomic E-state index is 13.7. The van der Waals surface area contributed by atoms with Crippen LogP contribution in [0, 0.1) is 12.3 Å². The molecule has 218 valence electrons. The van der Waals surface area contributed by atoms with E-state index in [0.29, 0.717) is 12.8 Å². The number of aromatic nitrogens is 1. The Hall–Kier alpha value is -3.31. The van der Waals surface area contributed by atoms with E-state index < -0.39 is 35.5 Å². The molecule has 2 aromatic rings. The van der Waals surface area contributed by atoms with Crippen LogP contribution in [-0.2, 0) is 19.2 Å². The molecule has 0 unspecified atom stereocenters. The fourth-order valence-corrected chi connectivity index (χ4v) is 5.62. The van der Waals surface area contributed by atoms with Crippen LogP contribution in [0.15, 0.2) is 29.8 Å².